The van der Waals surface area contributed by atoms with Crippen molar-refractivity contribution in [2.75, 3.05) is 13.2 Å². The molecule has 0 saturated carbocycles. The van der Waals surface area contributed by atoms with E-state index in [0.717, 1.165) is 13.1 Å². The van der Waals surface area contributed by atoms with Crippen molar-refractivity contribution < 1.29 is 4.74 Å². The van der Waals surface area contributed by atoms with E-state index in [1.54, 1.807) is 0 Å². The van der Waals surface area contributed by atoms with Crippen LogP contribution in [0.1, 0.15) is 11.1 Å². The van der Waals surface area contributed by atoms with Gasteiger partial charge in [0.15, 0.2) is 0 Å². The van der Waals surface area contributed by atoms with Crippen molar-refractivity contribution in [3.05, 3.63) is 83.9 Å². The molecule has 20 heavy (non-hydrogen) atoms. The third kappa shape index (κ3) is 5.83. The molecule has 0 heterocycles. The van der Waals surface area contributed by atoms with Crippen LogP contribution in [0, 0.1) is 0 Å². The molecule has 0 atom stereocenters. The third-order valence-corrected chi connectivity index (χ3v) is 2.93. The number of rotatable bonds is 8. The summed E-state index contributed by atoms with van der Waals surface area (Å²) in [5, 5.41) is 3.37. The summed E-state index contributed by atoms with van der Waals surface area (Å²) in [7, 11) is 0. The summed E-state index contributed by atoms with van der Waals surface area (Å²) in [5.74, 6) is 0. The quantitative estimate of drug-likeness (QED) is 0.583. The molecule has 0 aliphatic rings. The maximum Gasteiger partial charge on any atom is 0.0721 e. The van der Waals surface area contributed by atoms with Crippen molar-refractivity contribution >= 4 is 0 Å². The molecule has 2 heteroatoms. The minimum absolute atomic E-state index is 0.655. The van der Waals surface area contributed by atoms with E-state index in [1.165, 1.54) is 11.1 Å². The first-order chi connectivity index (χ1) is 9.95. The monoisotopic (exact) mass is 267 g/mol. The van der Waals surface area contributed by atoms with Crippen LogP contribution in [0.2, 0.25) is 0 Å². The van der Waals surface area contributed by atoms with Gasteiger partial charge in [-0.2, -0.15) is 0 Å². The van der Waals surface area contributed by atoms with Gasteiger partial charge in [-0.15, -0.1) is 0 Å². The fourth-order valence-corrected chi connectivity index (χ4v) is 1.87. The number of hydrogen-bond acceptors (Lipinski definition) is 2. The van der Waals surface area contributed by atoms with Crippen LogP contribution in [-0.4, -0.2) is 13.2 Å². The molecule has 0 saturated heterocycles. The number of ether oxygens (including phenoxy) is 1. The second-order valence-electron chi connectivity index (χ2n) is 4.59. The maximum atomic E-state index is 5.57. The van der Waals surface area contributed by atoms with Crippen LogP contribution in [0.3, 0.4) is 0 Å². The van der Waals surface area contributed by atoms with E-state index in [9.17, 15) is 0 Å². The fourth-order valence-electron chi connectivity index (χ4n) is 1.87. The van der Waals surface area contributed by atoms with Crippen LogP contribution in [-0.2, 0) is 17.9 Å². The summed E-state index contributed by atoms with van der Waals surface area (Å²) in [5.41, 5.74) is 2.52. The molecule has 0 aliphatic heterocycles. The van der Waals surface area contributed by atoms with Gasteiger partial charge in [-0.1, -0.05) is 72.8 Å². The third-order valence-electron chi connectivity index (χ3n) is 2.93. The summed E-state index contributed by atoms with van der Waals surface area (Å²) in [6.45, 7) is 3.09. The normalized spacial score (nSPS) is 11.0. The van der Waals surface area contributed by atoms with E-state index in [0.29, 0.717) is 13.2 Å². The summed E-state index contributed by atoms with van der Waals surface area (Å²) in [6, 6.07) is 20.6. The summed E-state index contributed by atoms with van der Waals surface area (Å²) in [4.78, 5) is 0. The van der Waals surface area contributed by atoms with E-state index in [-0.39, 0.29) is 0 Å². The second kappa shape index (κ2) is 9.08. The zero-order valence-electron chi connectivity index (χ0n) is 11.7. The van der Waals surface area contributed by atoms with Gasteiger partial charge in [0.05, 0.1) is 13.2 Å². The molecule has 2 nitrogen and oxygen atoms in total. The van der Waals surface area contributed by atoms with E-state index in [4.69, 9.17) is 4.74 Å². The molecule has 0 aliphatic carbocycles. The first-order valence-electron chi connectivity index (χ1n) is 6.96. The lowest BCUT2D eigenvalue weighted by molar-refractivity contribution is 0.148. The Morgan fingerprint density at radius 2 is 1.45 bits per heavy atom. The molecule has 0 unspecified atom stereocenters. The molecule has 1 N–H and O–H groups in total. The Morgan fingerprint density at radius 3 is 2.15 bits per heavy atom. The van der Waals surface area contributed by atoms with Crippen LogP contribution in [0.15, 0.2) is 72.8 Å². The molecule has 0 fully saturated rings. The van der Waals surface area contributed by atoms with Crippen LogP contribution in [0.5, 0.6) is 0 Å². The molecule has 0 spiro atoms. The maximum absolute atomic E-state index is 5.57. The highest BCUT2D eigenvalue weighted by Crippen LogP contribution is 2.00. The van der Waals surface area contributed by atoms with Crippen molar-refractivity contribution in [2.45, 2.75) is 13.2 Å². The first kappa shape index (κ1) is 14.5. The van der Waals surface area contributed by atoms with Crippen LogP contribution >= 0.6 is 0 Å². The molecular weight excluding hydrogens is 246 g/mol. The van der Waals surface area contributed by atoms with Gasteiger partial charge >= 0.3 is 0 Å². The largest absolute Gasteiger partial charge is 0.373 e. The molecule has 0 amide bonds. The molecule has 2 aromatic rings. The zero-order chi connectivity index (χ0) is 13.9. The van der Waals surface area contributed by atoms with E-state index in [2.05, 4.69) is 53.9 Å². The van der Waals surface area contributed by atoms with Gasteiger partial charge in [-0.25, -0.2) is 0 Å². The highest BCUT2D eigenvalue weighted by Gasteiger charge is 1.90. The smallest absolute Gasteiger partial charge is 0.0721 e. The molecule has 0 aromatic heterocycles. The van der Waals surface area contributed by atoms with Crippen LogP contribution in [0.4, 0.5) is 0 Å². The molecule has 2 aromatic carbocycles. The minimum Gasteiger partial charge on any atom is -0.373 e. The molecular formula is C18H21NO. The molecule has 2 rings (SSSR count). The Morgan fingerprint density at radius 1 is 0.800 bits per heavy atom. The van der Waals surface area contributed by atoms with Gasteiger partial charge < -0.3 is 10.1 Å². The SMILES string of the molecule is C(=C\COCc1ccccc1)/CNCc1ccccc1. The Hall–Kier alpha value is -1.90. The second-order valence-corrected chi connectivity index (χ2v) is 4.59. The lowest BCUT2D eigenvalue weighted by Gasteiger charge is -2.02. The Kier molecular flexibility index (Phi) is 6.58. The van der Waals surface area contributed by atoms with Gasteiger partial charge in [-0.3, -0.25) is 0 Å². The average molecular weight is 267 g/mol. The van der Waals surface area contributed by atoms with Crippen molar-refractivity contribution in [1.29, 1.82) is 0 Å². The van der Waals surface area contributed by atoms with Gasteiger partial charge in [0.1, 0.15) is 0 Å². The van der Waals surface area contributed by atoms with Crippen molar-refractivity contribution in [3.8, 4) is 0 Å². The number of hydrogen-bond donors (Lipinski definition) is 1. The van der Waals surface area contributed by atoms with E-state index >= 15 is 0 Å². The highest BCUT2D eigenvalue weighted by molar-refractivity contribution is 5.14. The Bertz CT molecular complexity index is 446. The Balaban J connectivity index is 1.52. The van der Waals surface area contributed by atoms with Crippen LogP contribution in [0.25, 0.3) is 0 Å². The van der Waals surface area contributed by atoms with Gasteiger partial charge in [0, 0.05) is 13.1 Å². The van der Waals surface area contributed by atoms with E-state index < -0.39 is 0 Å². The molecule has 104 valence electrons. The van der Waals surface area contributed by atoms with Crippen molar-refractivity contribution in [3.63, 3.8) is 0 Å². The topological polar surface area (TPSA) is 21.3 Å². The molecule has 0 radical (unpaired) electrons. The number of benzene rings is 2. The molecule has 0 bridgehead atoms. The Labute approximate surface area is 121 Å². The highest BCUT2D eigenvalue weighted by atomic mass is 16.5. The zero-order valence-corrected chi connectivity index (χ0v) is 11.7. The predicted molar refractivity (Wildman–Crippen MR) is 83.4 cm³/mol. The van der Waals surface area contributed by atoms with Gasteiger partial charge in [0.2, 0.25) is 0 Å². The lowest BCUT2D eigenvalue weighted by atomic mass is 10.2. The fraction of sp³-hybridized carbons (Fsp3) is 0.222. The van der Waals surface area contributed by atoms with E-state index in [1.807, 2.05) is 24.3 Å². The lowest BCUT2D eigenvalue weighted by Crippen LogP contribution is -2.12. The van der Waals surface area contributed by atoms with Crippen LogP contribution < -0.4 is 5.32 Å². The summed E-state index contributed by atoms with van der Waals surface area (Å²) in [6.07, 6.45) is 4.16. The number of nitrogens with one attached hydrogen (secondary N) is 1. The predicted octanol–water partition coefficient (Wildman–Crippen LogP) is 3.55. The van der Waals surface area contributed by atoms with Gasteiger partial charge in [0.25, 0.3) is 0 Å². The van der Waals surface area contributed by atoms with Gasteiger partial charge in [-0.05, 0) is 11.1 Å². The minimum atomic E-state index is 0.655. The van der Waals surface area contributed by atoms with Crippen molar-refractivity contribution in [2.24, 2.45) is 0 Å². The summed E-state index contributed by atoms with van der Waals surface area (Å²) >= 11 is 0. The first-order valence-corrected chi connectivity index (χ1v) is 6.96. The average Bonchev–Trinajstić information content (AvgIpc) is 2.52. The standard InChI is InChI=1S/C18H21NO/c1-3-9-17(10-4-1)15-19-13-7-8-14-20-16-18-11-5-2-6-12-18/h1-12,19H,13-16H2/b8-7+. The summed E-state index contributed by atoms with van der Waals surface area (Å²) < 4.78 is 5.57. The van der Waals surface area contributed by atoms with Crippen molar-refractivity contribution in [1.82, 2.24) is 5.32 Å².